The Morgan fingerprint density at radius 1 is 1.05 bits per heavy atom. The molecular formula is C13H10BF2NO3. The van der Waals surface area contributed by atoms with Crippen LogP contribution in [0.25, 0.3) is 0 Å². The smallest absolute Gasteiger partial charge is 0.423 e. The van der Waals surface area contributed by atoms with Crippen molar-refractivity contribution in [2.24, 2.45) is 0 Å². The van der Waals surface area contributed by atoms with Crippen molar-refractivity contribution < 1.29 is 23.6 Å². The molecule has 0 bridgehead atoms. The van der Waals surface area contributed by atoms with Crippen LogP contribution in [0.5, 0.6) is 0 Å². The van der Waals surface area contributed by atoms with Gasteiger partial charge in [-0.25, -0.2) is 8.78 Å². The molecule has 7 heteroatoms. The van der Waals surface area contributed by atoms with Crippen molar-refractivity contribution in [3.63, 3.8) is 0 Å². The summed E-state index contributed by atoms with van der Waals surface area (Å²) >= 11 is 0. The topological polar surface area (TPSA) is 69.6 Å². The molecule has 0 unspecified atom stereocenters. The Bertz CT molecular complexity index is 632. The average Bonchev–Trinajstić information content (AvgIpc) is 2.41. The van der Waals surface area contributed by atoms with E-state index in [9.17, 15) is 13.6 Å². The predicted octanol–water partition coefficient (Wildman–Crippen LogP) is 0.897. The van der Waals surface area contributed by atoms with E-state index in [1.54, 1.807) is 0 Å². The van der Waals surface area contributed by atoms with Crippen molar-refractivity contribution in [1.82, 2.24) is 0 Å². The Hall–Kier alpha value is -2.25. The molecule has 3 N–H and O–H groups in total. The molecule has 0 aliphatic carbocycles. The van der Waals surface area contributed by atoms with Gasteiger partial charge in [0.15, 0.2) is 0 Å². The highest BCUT2D eigenvalue weighted by atomic mass is 19.1. The fourth-order valence-corrected chi connectivity index (χ4v) is 1.62. The van der Waals surface area contributed by atoms with E-state index in [0.717, 1.165) is 12.1 Å². The largest absolute Gasteiger partial charge is 0.491 e. The first-order valence-electron chi connectivity index (χ1n) is 5.70. The van der Waals surface area contributed by atoms with Gasteiger partial charge in [0.1, 0.15) is 11.6 Å². The Labute approximate surface area is 113 Å². The highest BCUT2D eigenvalue weighted by molar-refractivity contribution is 6.58. The number of rotatable bonds is 3. The van der Waals surface area contributed by atoms with Gasteiger partial charge >= 0.3 is 7.12 Å². The summed E-state index contributed by atoms with van der Waals surface area (Å²) in [5.41, 5.74) is 0.0300. The lowest BCUT2D eigenvalue weighted by atomic mass is 9.79. The highest BCUT2D eigenvalue weighted by Crippen LogP contribution is 2.10. The van der Waals surface area contributed by atoms with E-state index in [4.69, 9.17) is 10.0 Å². The number of benzene rings is 2. The van der Waals surface area contributed by atoms with Crippen molar-refractivity contribution in [2.75, 3.05) is 5.32 Å². The van der Waals surface area contributed by atoms with Crippen molar-refractivity contribution >= 4 is 24.2 Å². The lowest BCUT2D eigenvalue weighted by Crippen LogP contribution is -2.33. The van der Waals surface area contributed by atoms with Gasteiger partial charge in [-0.2, -0.15) is 0 Å². The summed E-state index contributed by atoms with van der Waals surface area (Å²) in [4.78, 5) is 11.9. The van der Waals surface area contributed by atoms with Crippen LogP contribution in [0.3, 0.4) is 0 Å². The summed E-state index contributed by atoms with van der Waals surface area (Å²) in [5.74, 6) is -1.83. The second-order valence-corrected chi connectivity index (χ2v) is 4.07. The van der Waals surface area contributed by atoms with Crippen LogP contribution in [0.15, 0.2) is 42.5 Å². The summed E-state index contributed by atoms with van der Waals surface area (Å²) in [6.45, 7) is 0. The van der Waals surface area contributed by atoms with Gasteiger partial charge in [-0.05, 0) is 42.5 Å². The third kappa shape index (κ3) is 3.20. The predicted molar refractivity (Wildman–Crippen MR) is 70.6 cm³/mol. The first kappa shape index (κ1) is 14.2. The van der Waals surface area contributed by atoms with E-state index < -0.39 is 30.1 Å². The second-order valence-electron chi connectivity index (χ2n) is 4.07. The molecule has 102 valence electrons. The zero-order chi connectivity index (χ0) is 14.7. The number of carbonyl (C=O) groups is 1. The third-order valence-electron chi connectivity index (χ3n) is 2.64. The first-order valence-corrected chi connectivity index (χ1v) is 5.70. The minimum atomic E-state index is -2.01. The van der Waals surface area contributed by atoms with Gasteiger partial charge < -0.3 is 15.4 Å². The van der Waals surface area contributed by atoms with Crippen LogP contribution >= 0.6 is 0 Å². The highest BCUT2D eigenvalue weighted by Gasteiger charge is 2.18. The minimum absolute atomic E-state index is 0.0545. The lowest BCUT2D eigenvalue weighted by molar-refractivity contribution is 0.102. The first-order chi connectivity index (χ1) is 9.47. The summed E-state index contributed by atoms with van der Waals surface area (Å²) in [6.07, 6.45) is 0. The van der Waals surface area contributed by atoms with Crippen LogP contribution in [0.4, 0.5) is 14.5 Å². The zero-order valence-electron chi connectivity index (χ0n) is 10.2. The maximum atomic E-state index is 13.3. The number of anilines is 1. The average molecular weight is 277 g/mol. The molecule has 0 saturated heterocycles. The van der Waals surface area contributed by atoms with Crippen LogP contribution in [0, 0.1) is 11.6 Å². The molecule has 2 aromatic rings. The van der Waals surface area contributed by atoms with Gasteiger partial charge in [0.25, 0.3) is 5.91 Å². The SMILES string of the molecule is O=C(Nc1ccc(F)cc1)c1ccc(F)c(B(O)O)c1. The maximum absolute atomic E-state index is 13.3. The maximum Gasteiger partial charge on any atom is 0.491 e. The van der Waals surface area contributed by atoms with Gasteiger partial charge in [-0.15, -0.1) is 0 Å². The van der Waals surface area contributed by atoms with Crippen LogP contribution < -0.4 is 10.8 Å². The van der Waals surface area contributed by atoms with E-state index in [1.165, 1.54) is 30.3 Å². The molecule has 0 saturated carbocycles. The molecule has 0 spiro atoms. The van der Waals surface area contributed by atoms with Gasteiger partial charge in [0.2, 0.25) is 0 Å². The Morgan fingerprint density at radius 3 is 2.30 bits per heavy atom. The van der Waals surface area contributed by atoms with Crippen molar-refractivity contribution in [3.05, 3.63) is 59.7 Å². The molecule has 0 aliphatic heterocycles. The summed E-state index contributed by atoms with van der Waals surface area (Å²) in [5, 5.41) is 20.4. The number of amides is 1. The van der Waals surface area contributed by atoms with Crippen LogP contribution in [-0.4, -0.2) is 23.1 Å². The van der Waals surface area contributed by atoms with Crippen molar-refractivity contribution in [2.45, 2.75) is 0 Å². The van der Waals surface area contributed by atoms with Crippen LogP contribution in [-0.2, 0) is 0 Å². The molecular weight excluding hydrogens is 267 g/mol. The fraction of sp³-hybridized carbons (Fsp3) is 0. The molecule has 0 aromatic heterocycles. The van der Waals surface area contributed by atoms with E-state index in [-0.39, 0.29) is 5.56 Å². The molecule has 2 aromatic carbocycles. The summed E-state index contributed by atoms with van der Waals surface area (Å²) in [6, 6.07) is 8.33. The molecule has 0 aliphatic rings. The number of hydrogen-bond donors (Lipinski definition) is 3. The van der Waals surface area contributed by atoms with E-state index in [0.29, 0.717) is 5.69 Å². The Balaban J connectivity index is 2.21. The van der Waals surface area contributed by atoms with E-state index in [2.05, 4.69) is 5.32 Å². The monoisotopic (exact) mass is 277 g/mol. The number of halogens is 2. The molecule has 0 fully saturated rings. The summed E-state index contributed by atoms with van der Waals surface area (Å²) < 4.78 is 26.0. The van der Waals surface area contributed by atoms with E-state index >= 15 is 0 Å². The molecule has 0 heterocycles. The Morgan fingerprint density at radius 2 is 1.70 bits per heavy atom. The fourth-order valence-electron chi connectivity index (χ4n) is 1.62. The molecule has 0 atom stereocenters. The minimum Gasteiger partial charge on any atom is -0.423 e. The molecule has 4 nitrogen and oxygen atoms in total. The van der Waals surface area contributed by atoms with Crippen molar-refractivity contribution in [3.8, 4) is 0 Å². The third-order valence-corrected chi connectivity index (χ3v) is 2.64. The second kappa shape index (κ2) is 5.81. The van der Waals surface area contributed by atoms with Gasteiger partial charge in [0.05, 0.1) is 0 Å². The van der Waals surface area contributed by atoms with Crippen molar-refractivity contribution in [1.29, 1.82) is 0 Å². The number of hydrogen-bond acceptors (Lipinski definition) is 3. The molecule has 1 amide bonds. The number of nitrogens with one attached hydrogen (secondary N) is 1. The van der Waals surface area contributed by atoms with E-state index in [1.807, 2.05) is 0 Å². The zero-order valence-corrected chi connectivity index (χ0v) is 10.2. The lowest BCUT2D eigenvalue weighted by Gasteiger charge is -2.07. The standard InChI is InChI=1S/C13H10BF2NO3/c15-9-2-4-10(5-3-9)17-13(18)8-1-6-12(16)11(7-8)14(19)20/h1-7,19-20H,(H,17,18). The Kier molecular flexibility index (Phi) is 4.12. The van der Waals surface area contributed by atoms with Gasteiger partial charge in [-0.3, -0.25) is 4.79 Å². The summed E-state index contributed by atoms with van der Waals surface area (Å²) in [7, 11) is -2.01. The van der Waals surface area contributed by atoms with Gasteiger partial charge in [0, 0.05) is 16.7 Å². The molecule has 2 rings (SSSR count). The molecule has 20 heavy (non-hydrogen) atoms. The quantitative estimate of drug-likeness (QED) is 0.730. The van der Waals surface area contributed by atoms with Gasteiger partial charge in [-0.1, -0.05) is 0 Å². The van der Waals surface area contributed by atoms with Crippen LogP contribution in [0.1, 0.15) is 10.4 Å². The normalized spacial score (nSPS) is 10.2. The molecule has 0 radical (unpaired) electrons. The van der Waals surface area contributed by atoms with Crippen LogP contribution in [0.2, 0.25) is 0 Å². The number of carbonyl (C=O) groups excluding carboxylic acids is 1.